The van der Waals surface area contributed by atoms with Crippen molar-refractivity contribution in [3.63, 3.8) is 0 Å². The zero-order chi connectivity index (χ0) is 12.1. The third-order valence-corrected chi connectivity index (χ3v) is 3.32. The smallest absolute Gasteiger partial charge is 0.252 e. The van der Waals surface area contributed by atoms with Crippen molar-refractivity contribution in [2.45, 2.75) is 12.8 Å². The number of nitrogens with one attached hydrogen (secondary N) is 2. The number of carbonyl (C=O) groups is 1. The van der Waals surface area contributed by atoms with Crippen LogP contribution in [0.1, 0.15) is 23.2 Å². The summed E-state index contributed by atoms with van der Waals surface area (Å²) in [5.74, 6) is 0.562. The van der Waals surface area contributed by atoms with Gasteiger partial charge in [-0.05, 0) is 37.9 Å². The fraction of sp³-hybridized carbons (Fsp3) is 0.500. The minimum absolute atomic E-state index is 0.122. The molecule has 2 heterocycles. The molecule has 1 atom stereocenters. The number of hydrogen-bond donors (Lipinski definition) is 2. The molecule has 1 aromatic rings. The molecule has 0 saturated carbocycles. The fourth-order valence-electron chi connectivity index (χ4n) is 2.01. The first-order chi connectivity index (χ1) is 8.27. The molecule has 1 unspecified atom stereocenters. The highest BCUT2D eigenvalue weighted by Crippen LogP contribution is 2.14. The number of rotatable bonds is 4. The van der Waals surface area contributed by atoms with Gasteiger partial charge in [-0.15, -0.1) is 0 Å². The lowest BCUT2D eigenvalue weighted by Crippen LogP contribution is -2.26. The van der Waals surface area contributed by atoms with Gasteiger partial charge in [0.05, 0.1) is 10.6 Å². The molecule has 4 nitrogen and oxygen atoms in total. The first-order valence-corrected chi connectivity index (χ1v) is 6.23. The summed E-state index contributed by atoms with van der Waals surface area (Å²) in [6, 6.07) is 1.63. The van der Waals surface area contributed by atoms with E-state index in [0.717, 1.165) is 19.5 Å². The van der Waals surface area contributed by atoms with Gasteiger partial charge in [0.15, 0.2) is 0 Å². The van der Waals surface area contributed by atoms with Crippen LogP contribution in [0.15, 0.2) is 18.5 Å². The van der Waals surface area contributed by atoms with Crippen molar-refractivity contribution in [1.82, 2.24) is 15.6 Å². The molecule has 1 amide bonds. The third kappa shape index (κ3) is 3.41. The SMILES string of the molecule is O=C(NCCC1CCNC1)c1ccncc1Cl. The van der Waals surface area contributed by atoms with Crippen LogP contribution in [0.25, 0.3) is 0 Å². The van der Waals surface area contributed by atoms with Crippen molar-refractivity contribution in [3.05, 3.63) is 29.0 Å². The van der Waals surface area contributed by atoms with E-state index in [4.69, 9.17) is 11.6 Å². The second kappa shape index (κ2) is 5.98. The fourth-order valence-corrected chi connectivity index (χ4v) is 2.21. The van der Waals surface area contributed by atoms with Gasteiger partial charge in [-0.1, -0.05) is 11.6 Å². The standard InChI is InChI=1S/C12H16ClN3O/c13-11-8-15-5-3-10(11)12(17)16-6-2-9-1-4-14-7-9/h3,5,8-9,14H,1-2,4,6-7H2,(H,16,17). The highest BCUT2D eigenvalue weighted by Gasteiger charge is 2.15. The van der Waals surface area contributed by atoms with Crippen molar-refractivity contribution in [1.29, 1.82) is 0 Å². The molecule has 0 spiro atoms. The monoisotopic (exact) mass is 253 g/mol. The first kappa shape index (κ1) is 12.3. The number of amides is 1. The second-order valence-electron chi connectivity index (χ2n) is 4.26. The quantitative estimate of drug-likeness (QED) is 0.854. The van der Waals surface area contributed by atoms with E-state index in [2.05, 4.69) is 15.6 Å². The number of aromatic nitrogens is 1. The molecule has 1 fully saturated rings. The van der Waals surface area contributed by atoms with Crippen molar-refractivity contribution in [2.24, 2.45) is 5.92 Å². The van der Waals surface area contributed by atoms with Crippen molar-refractivity contribution >= 4 is 17.5 Å². The van der Waals surface area contributed by atoms with Gasteiger partial charge in [-0.2, -0.15) is 0 Å². The minimum atomic E-state index is -0.122. The molecule has 0 radical (unpaired) electrons. The molecule has 1 aromatic heterocycles. The highest BCUT2D eigenvalue weighted by atomic mass is 35.5. The molecule has 17 heavy (non-hydrogen) atoms. The summed E-state index contributed by atoms with van der Waals surface area (Å²) in [7, 11) is 0. The van der Waals surface area contributed by atoms with Gasteiger partial charge >= 0.3 is 0 Å². The van der Waals surface area contributed by atoms with Crippen molar-refractivity contribution in [3.8, 4) is 0 Å². The van der Waals surface area contributed by atoms with Gasteiger partial charge in [-0.25, -0.2) is 0 Å². The Balaban J connectivity index is 1.79. The van der Waals surface area contributed by atoms with E-state index in [1.54, 1.807) is 12.3 Å². The molecule has 2 rings (SSSR count). The second-order valence-corrected chi connectivity index (χ2v) is 4.67. The molecule has 0 aliphatic carbocycles. The van der Waals surface area contributed by atoms with E-state index in [1.807, 2.05) is 0 Å². The zero-order valence-corrected chi connectivity index (χ0v) is 10.3. The van der Waals surface area contributed by atoms with Crippen LogP contribution in [0.5, 0.6) is 0 Å². The summed E-state index contributed by atoms with van der Waals surface area (Å²) >= 11 is 5.89. The molecule has 1 saturated heterocycles. The van der Waals surface area contributed by atoms with Crippen LogP contribution in [-0.4, -0.2) is 30.5 Å². The van der Waals surface area contributed by atoms with Gasteiger partial charge in [0.2, 0.25) is 0 Å². The molecule has 2 N–H and O–H groups in total. The maximum absolute atomic E-state index is 11.8. The van der Waals surface area contributed by atoms with Crippen LogP contribution < -0.4 is 10.6 Å². The van der Waals surface area contributed by atoms with E-state index >= 15 is 0 Å². The lowest BCUT2D eigenvalue weighted by atomic mass is 10.1. The van der Waals surface area contributed by atoms with E-state index < -0.39 is 0 Å². The summed E-state index contributed by atoms with van der Waals surface area (Å²) in [6.45, 7) is 2.85. The van der Waals surface area contributed by atoms with Crippen LogP contribution >= 0.6 is 11.6 Å². The normalized spacial score (nSPS) is 19.2. The number of nitrogens with zero attached hydrogens (tertiary/aromatic N) is 1. The molecule has 1 aliphatic rings. The van der Waals surface area contributed by atoms with Gasteiger partial charge in [0.1, 0.15) is 0 Å². The third-order valence-electron chi connectivity index (χ3n) is 3.02. The van der Waals surface area contributed by atoms with Gasteiger partial charge in [0, 0.05) is 18.9 Å². The van der Waals surface area contributed by atoms with Crippen LogP contribution in [0.3, 0.4) is 0 Å². The Morgan fingerprint density at radius 2 is 2.53 bits per heavy atom. The Hall–Kier alpha value is -1.13. The van der Waals surface area contributed by atoms with Crippen LogP contribution in [0.2, 0.25) is 5.02 Å². The summed E-state index contributed by atoms with van der Waals surface area (Å²) in [5, 5.41) is 6.59. The minimum Gasteiger partial charge on any atom is -0.352 e. The van der Waals surface area contributed by atoms with Crippen LogP contribution in [-0.2, 0) is 0 Å². The predicted octanol–water partition coefficient (Wildman–Crippen LogP) is 1.46. The van der Waals surface area contributed by atoms with Crippen molar-refractivity contribution in [2.75, 3.05) is 19.6 Å². The van der Waals surface area contributed by atoms with Gasteiger partial charge in [0.25, 0.3) is 5.91 Å². The average molecular weight is 254 g/mol. The van der Waals surface area contributed by atoms with E-state index in [-0.39, 0.29) is 5.91 Å². The Kier molecular flexibility index (Phi) is 4.34. The number of hydrogen-bond acceptors (Lipinski definition) is 3. The average Bonchev–Trinajstić information content (AvgIpc) is 2.82. The lowest BCUT2D eigenvalue weighted by Gasteiger charge is -2.09. The summed E-state index contributed by atoms with van der Waals surface area (Å²) < 4.78 is 0. The van der Waals surface area contributed by atoms with E-state index in [1.165, 1.54) is 12.6 Å². The highest BCUT2D eigenvalue weighted by molar-refractivity contribution is 6.33. The van der Waals surface area contributed by atoms with Crippen LogP contribution in [0.4, 0.5) is 0 Å². The molecular formula is C12H16ClN3O. The van der Waals surface area contributed by atoms with Crippen LogP contribution in [0, 0.1) is 5.92 Å². The Morgan fingerprint density at radius 3 is 3.24 bits per heavy atom. The summed E-state index contributed by atoms with van der Waals surface area (Å²) in [4.78, 5) is 15.7. The summed E-state index contributed by atoms with van der Waals surface area (Å²) in [6.07, 6.45) is 5.27. The molecule has 92 valence electrons. The number of carbonyl (C=O) groups excluding carboxylic acids is 1. The lowest BCUT2D eigenvalue weighted by molar-refractivity contribution is 0.0951. The Morgan fingerprint density at radius 1 is 1.65 bits per heavy atom. The van der Waals surface area contributed by atoms with Gasteiger partial charge in [-0.3, -0.25) is 9.78 Å². The molecular weight excluding hydrogens is 238 g/mol. The molecule has 1 aliphatic heterocycles. The summed E-state index contributed by atoms with van der Waals surface area (Å²) in [5.41, 5.74) is 0.492. The van der Waals surface area contributed by atoms with E-state index in [0.29, 0.717) is 23.0 Å². The Labute approximate surface area is 106 Å². The van der Waals surface area contributed by atoms with E-state index in [9.17, 15) is 4.79 Å². The maximum Gasteiger partial charge on any atom is 0.252 e. The zero-order valence-electron chi connectivity index (χ0n) is 9.58. The maximum atomic E-state index is 11.8. The molecule has 0 bridgehead atoms. The topological polar surface area (TPSA) is 54.0 Å². The largest absolute Gasteiger partial charge is 0.352 e. The number of pyridine rings is 1. The van der Waals surface area contributed by atoms with Gasteiger partial charge < -0.3 is 10.6 Å². The molecule has 0 aromatic carbocycles. The predicted molar refractivity (Wildman–Crippen MR) is 67.2 cm³/mol. The Bertz CT molecular complexity index is 391. The number of halogens is 1. The molecule has 5 heteroatoms. The first-order valence-electron chi connectivity index (χ1n) is 5.86. The van der Waals surface area contributed by atoms with Crippen molar-refractivity contribution < 1.29 is 4.79 Å².